The van der Waals surface area contributed by atoms with E-state index in [1.807, 2.05) is 0 Å². The van der Waals surface area contributed by atoms with Crippen molar-refractivity contribution in [3.8, 4) is 0 Å². The van der Waals surface area contributed by atoms with E-state index in [1.54, 1.807) is 0 Å². The molecule has 0 unspecified atom stereocenters. The van der Waals surface area contributed by atoms with Gasteiger partial charge < -0.3 is 9.32 Å². The van der Waals surface area contributed by atoms with Gasteiger partial charge in [-0.3, -0.25) is 0 Å². The molecule has 0 spiro atoms. The molecule has 0 bridgehead atoms. The molecule has 2 rings (SSSR count). The number of hydrogen-bond donors (Lipinski definition) is 0. The number of nitrogens with zero attached hydrogens (tertiary/aromatic N) is 3. The van der Waals surface area contributed by atoms with E-state index in [2.05, 4.69) is 9.83 Å². The summed E-state index contributed by atoms with van der Waals surface area (Å²) in [5.74, 6) is -0.0814. The second-order valence-corrected chi connectivity index (χ2v) is 4.71. The van der Waals surface area contributed by atoms with Crippen LogP contribution in [0.15, 0.2) is 35.1 Å². The average molecular weight is 349 g/mol. The van der Waals surface area contributed by atoms with Crippen LogP contribution in [0.1, 0.15) is 11.5 Å². The number of oxazole rings is 1. The van der Waals surface area contributed by atoms with E-state index in [0.717, 1.165) is 18.4 Å². The van der Waals surface area contributed by atoms with Crippen LogP contribution in [0, 0.1) is 6.57 Å². The zero-order valence-corrected chi connectivity index (χ0v) is 11.8. The monoisotopic (exact) mass is 349 g/mol. The standard InChI is InChI=1S/C14H9F6N3O/c1-21-11-3-2-9(6-10(11)14(18,19)20)23(8-13(15,16)17)7-12-22-4-5-24-12/h2-6H,7-8H2. The summed E-state index contributed by atoms with van der Waals surface area (Å²) < 4.78 is 82.0. The van der Waals surface area contributed by atoms with Gasteiger partial charge in [-0.15, -0.1) is 0 Å². The van der Waals surface area contributed by atoms with E-state index in [4.69, 9.17) is 11.0 Å². The maximum absolute atomic E-state index is 13.0. The zero-order chi connectivity index (χ0) is 18.0. The average Bonchev–Trinajstić information content (AvgIpc) is 2.96. The molecule has 0 aliphatic rings. The molecule has 0 N–H and O–H groups in total. The van der Waals surface area contributed by atoms with Crippen LogP contribution in [0.2, 0.25) is 0 Å². The number of anilines is 1. The van der Waals surface area contributed by atoms with Crippen molar-refractivity contribution in [3.63, 3.8) is 0 Å². The van der Waals surface area contributed by atoms with Gasteiger partial charge in [-0.1, -0.05) is 6.07 Å². The molecule has 1 heterocycles. The van der Waals surface area contributed by atoms with Crippen molar-refractivity contribution in [2.45, 2.75) is 18.9 Å². The fourth-order valence-corrected chi connectivity index (χ4v) is 1.99. The van der Waals surface area contributed by atoms with Gasteiger partial charge in [-0.2, -0.15) is 26.3 Å². The second kappa shape index (κ2) is 6.43. The van der Waals surface area contributed by atoms with Crippen molar-refractivity contribution < 1.29 is 30.8 Å². The Kier molecular flexibility index (Phi) is 4.73. The summed E-state index contributed by atoms with van der Waals surface area (Å²) in [5, 5.41) is 0. The summed E-state index contributed by atoms with van der Waals surface area (Å²) in [4.78, 5) is 7.06. The predicted octanol–water partition coefficient (Wildman–Crippen LogP) is 4.81. The SMILES string of the molecule is [C-]#[N+]c1ccc(N(Cc2ncco2)CC(F)(F)F)cc1C(F)(F)F. The third kappa shape index (κ3) is 4.41. The Hall–Kier alpha value is -2.70. The lowest BCUT2D eigenvalue weighted by molar-refractivity contribution is -0.136. The van der Waals surface area contributed by atoms with E-state index in [9.17, 15) is 26.3 Å². The molecule has 0 aliphatic carbocycles. The van der Waals surface area contributed by atoms with Crippen LogP contribution in [0.3, 0.4) is 0 Å². The third-order valence-electron chi connectivity index (χ3n) is 2.95. The van der Waals surface area contributed by atoms with E-state index in [0.29, 0.717) is 11.0 Å². The Morgan fingerprint density at radius 3 is 2.38 bits per heavy atom. The Balaban J connectivity index is 2.44. The number of hydrogen-bond acceptors (Lipinski definition) is 3. The molecule has 0 amide bonds. The first-order valence-corrected chi connectivity index (χ1v) is 6.39. The van der Waals surface area contributed by atoms with Crippen LogP contribution < -0.4 is 4.90 Å². The summed E-state index contributed by atoms with van der Waals surface area (Å²) >= 11 is 0. The molecule has 24 heavy (non-hydrogen) atoms. The summed E-state index contributed by atoms with van der Waals surface area (Å²) in [6, 6.07) is 2.38. The molecule has 0 saturated heterocycles. The smallest absolute Gasteiger partial charge is 0.407 e. The fraction of sp³-hybridized carbons (Fsp3) is 0.286. The maximum Gasteiger partial charge on any atom is 0.407 e. The molecular weight excluding hydrogens is 340 g/mol. The minimum absolute atomic E-state index is 0.0814. The molecule has 2 aromatic rings. The number of alkyl halides is 6. The number of rotatable bonds is 4. The highest BCUT2D eigenvalue weighted by atomic mass is 19.4. The van der Waals surface area contributed by atoms with Crippen molar-refractivity contribution in [3.05, 3.63) is 53.5 Å². The van der Waals surface area contributed by atoms with E-state index < -0.39 is 36.7 Å². The third-order valence-corrected chi connectivity index (χ3v) is 2.95. The minimum Gasteiger partial charge on any atom is -0.447 e. The van der Waals surface area contributed by atoms with Gasteiger partial charge in [0.15, 0.2) is 5.69 Å². The van der Waals surface area contributed by atoms with Gasteiger partial charge in [0.25, 0.3) is 0 Å². The second-order valence-electron chi connectivity index (χ2n) is 4.71. The largest absolute Gasteiger partial charge is 0.447 e. The van der Waals surface area contributed by atoms with Gasteiger partial charge in [0.05, 0.1) is 24.9 Å². The van der Waals surface area contributed by atoms with Gasteiger partial charge in [0.1, 0.15) is 12.8 Å². The molecule has 0 aliphatic heterocycles. The van der Waals surface area contributed by atoms with Crippen molar-refractivity contribution in [2.75, 3.05) is 11.4 Å². The topological polar surface area (TPSA) is 33.6 Å². The van der Waals surface area contributed by atoms with Crippen molar-refractivity contribution in [1.29, 1.82) is 0 Å². The summed E-state index contributed by atoms with van der Waals surface area (Å²) in [5.41, 5.74) is -2.32. The van der Waals surface area contributed by atoms with Crippen LogP contribution in [0.4, 0.5) is 37.7 Å². The van der Waals surface area contributed by atoms with Gasteiger partial charge >= 0.3 is 12.4 Å². The summed E-state index contributed by atoms with van der Waals surface area (Å²) in [6.07, 6.45) is -7.15. The first kappa shape index (κ1) is 17.7. The highest BCUT2D eigenvalue weighted by Gasteiger charge is 2.36. The highest BCUT2D eigenvalue weighted by molar-refractivity contribution is 5.62. The van der Waals surface area contributed by atoms with Crippen LogP contribution in [0.5, 0.6) is 0 Å². The molecule has 1 aromatic heterocycles. The molecule has 0 saturated carbocycles. The first-order valence-electron chi connectivity index (χ1n) is 6.39. The van der Waals surface area contributed by atoms with Crippen LogP contribution in [-0.2, 0) is 12.7 Å². The van der Waals surface area contributed by atoms with Crippen molar-refractivity contribution in [1.82, 2.24) is 4.98 Å². The lowest BCUT2D eigenvalue weighted by Crippen LogP contribution is -2.34. The van der Waals surface area contributed by atoms with Crippen LogP contribution in [0.25, 0.3) is 4.85 Å². The minimum atomic E-state index is -4.86. The molecule has 0 atom stereocenters. The Labute approximate surface area is 132 Å². The van der Waals surface area contributed by atoms with Crippen molar-refractivity contribution >= 4 is 11.4 Å². The molecular formula is C14H9F6N3O. The highest BCUT2D eigenvalue weighted by Crippen LogP contribution is 2.39. The normalized spacial score (nSPS) is 12.0. The Morgan fingerprint density at radius 1 is 1.17 bits per heavy atom. The fourth-order valence-electron chi connectivity index (χ4n) is 1.99. The Morgan fingerprint density at radius 2 is 1.88 bits per heavy atom. The van der Waals surface area contributed by atoms with Crippen LogP contribution >= 0.6 is 0 Å². The first-order chi connectivity index (χ1) is 11.1. The van der Waals surface area contributed by atoms with E-state index in [1.165, 1.54) is 6.20 Å². The van der Waals surface area contributed by atoms with Gasteiger partial charge in [-0.25, -0.2) is 9.83 Å². The van der Waals surface area contributed by atoms with Crippen LogP contribution in [-0.4, -0.2) is 17.7 Å². The molecule has 0 fully saturated rings. The van der Waals surface area contributed by atoms with Gasteiger partial charge in [-0.05, 0) is 12.1 Å². The number of halogens is 6. The van der Waals surface area contributed by atoms with Gasteiger partial charge in [0, 0.05) is 5.69 Å². The van der Waals surface area contributed by atoms with Gasteiger partial charge in [0.2, 0.25) is 5.89 Å². The summed E-state index contributed by atoms with van der Waals surface area (Å²) in [6.45, 7) is 4.78. The van der Waals surface area contributed by atoms with E-state index >= 15 is 0 Å². The van der Waals surface area contributed by atoms with E-state index in [-0.39, 0.29) is 11.6 Å². The number of benzene rings is 1. The Bertz CT molecular complexity index is 730. The molecule has 0 radical (unpaired) electrons. The quantitative estimate of drug-likeness (QED) is 0.587. The summed E-state index contributed by atoms with van der Waals surface area (Å²) in [7, 11) is 0. The molecule has 4 nitrogen and oxygen atoms in total. The lowest BCUT2D eigenvalue weighted by atomic mass is 10.1. The number of aromatic nitrogens is 1. The molecule has 1 aromatic carbocycles. The zero-order valence-electron chi connectivity index (χ0n) is 11.8. The lowest BCUT2D eigenvalue weighted by Gasteiger charge is -2.25. The molecule has 10 heteroatoms. The predicted molar refractivity (Wildman–Crippen MR) is 71.3 cm³/mol. The van der Waals surface area contributed by atoms with Crippen molar-refractivity contribution in [2.24, 2.45) is 0 Å². The maximum atomic E-state index is 13.0. The molecule has 128 valence electrons.